The molecule has 0 fully saturated rings. The normalized spacial score (nSPS) is 10.6. The summed E-state index contributed by atoms with van der Waals surface area (Å²) < 4.78 is 20.0. The SMILES string of the molecule is Cc1nn(C)cc1CCC(=O)Oc1ccc(C(=O)c2ccc(F)cc2)cc1. The highest BCUT2D eigenvalue weighted by atomic mass is 19.1. The van der Waals surface area contributed by atoms with E-state index >= 15 is 0 Å². The van der Waals surface area contributed by atoms with Crippen molar-refractivity contribution in [3.63, 3.8) is 0 Å². The Kier molecular flexibility index (Phi) is 5.45. The molecule has 5 nitrogen and oxygen atoms in total. The van der Waals surface area contributed by atoms with Gasteiger partial charge in [-0.15, -0.1) is 0 Å². The van der Waals surface area contributed by atoms with Gasteiger partial charge < -0.3 is 4.74 Å². The van der Waals surface area contributed by atoms with Crippen LogP contribution in [0.4, 0.5) is 4.39 Å². The van der Waals surface area contributed by atoms with Crippen molar-refractivity contribution in [1.29, 1.82) is 0 Å². The average molecular weight is 366 g/mol. The van der Waals surface area contributed by atoms with Crippen molar-refractivity contribution in [2.45, 2.75) is 19.8 Å². The van der Waals surface area contributed by atoms with Crippen LogP contribution in [0, 0.1) is 12.7 Å². The zero-order chi connectivity index (χ0) is 19.4. The molecular weight excluding hydrogens is 347 g/mol. The summed E-state index contributed by atoms with van der Waals surface area (Å²) in [5, 5.41) is 4.24. The first-order chi connectivity index (χ1) is 12.9. The fourth-order valence-corrected chi connectivity index (χ4v) is 2.76. The van der Waals surface area contributed by atoms with E-state index < -0.39 is 5.82 Å². The third-order valence-electron chi connectivity index (χ3n) is 4.17. The predicted octanol–water partition coefficient (Wildman–Crippen LogP) is 3.64. The molecule has 27 heavy (non-hydrogen) atoms. The van der Waals surface area contributed by atoms with Crippen LogP contribution in [0.2, 0.25) is 0 Å². The number of halogens is 1. The molecule has 0 saturated heterocycles. The van der Waals surface area contributed by atoms with Crippen LogP contribution in [0.1, 0.15) is 33.6 Å². The number of hydrogen-bond acceptors (Lipinski definition) is 4. The summed E-state index contributed by atoms with van der Waals surface area (Å²) in [5.74, 6) is -0.593. The number of ether oxygens (including phenoxy) is 1. The maximum absolute atomic E-state index is 13.0. The zero-order valence-corrected chi connectivity index (χ0v) is 15.1. The molecule has 1 heterocycles. The van der Waals surface area contributed by atoms with Crippen molar-refractivity contribution in [3.05, 3.63) is 82.9 Å². The van der Waals surface area contributed by atoms with Gasteiger partial charge in [0.2, 0.25) is 0 Å². The first kappa shape index (κ1) is 18.5. The lowest BCUT2D eigenvalue weighted by atomic mass is 10.0. The van der Waals surface area contributed by atoms with Crippen molar-refractivity contribution < 1.29 is 18.7 Å². The first-order valence-corrected chi connectivity index (χ1v) is 8.52. The molecule has 0 unspecified atom stereocenters. The first-order valence-electron chi connectivity index (χ1n) is 8.52. The largest absolute Gasteiger partial charge is 0.427 e. The Morgan fingerprint density at radius 2 is 1.63 bits per heavy atom. The Balaban J connectivity index is 1.58. The second-order valence-electron chi connectivity index (χ2n) is 6.25. The maximum atomic E-state index is 13.0. The van der Waals surface area contributed by atoms with E-state index in [-0.39, 0.29) is 18.2 Å². The molecule has 138 valence electrons. The van der Waals surface area contributed by atoms with Gasteiger partial charge in [0.05, 0.1) is 12.1 Å². The van der Waals surface area contributed by atoms with Crippen molar-refractivity contribution in [3.8, 4) is 5.75 Å². The summed E-state index contributed by atoms with van der Waals surface area (Å²) in [5.41, 5.74) is 2.74. The summed E-state index contributed by atoms with van der Waals surface area (Å²) in [6, 6.07) is 11.7. The Bertz CT molecular complexity index is 960. The number of ketones is 1. The van der Waals surface area contributed by atoms with Gasteiger partial charge in [-0.1, -0.05) is 0 Å². The summed E-state index contributed by atoms with van der Waals surface area (Å²) >= 11 is 0. The van der Waals surface area contributed by atoms with Gasteiger partial charge in [0.1, 0.15) is 11.6 Å². The number of esters is 1. The van der Waals surface area contributed by atoms with E-state index in [1.807, 2.05) is 20.2 Å². The van der Waals surface area contributed by atoms with Crippen LogP contribution in [-0.2, 0) is 18.3 Å². The van der Waals surface area contributed by atoms with Gasteiger partial charge in [-0.25, -0.2) is 4.39 Å². The molecule has 0 aliphatic carbocycles. The standard InChI is InChI=1S/C21H19FN2O3/c1-14-17(13-24(2)23-14)7-12-20(25)27-19-10-5-16(6-11-19)21(26)15-3-8-18(22)9-4-15/h3-6,8-11,13H,7,12H2,1-2H3. The monoisotopic (exact) mass is 366 g/mol. The van der Waals surface area contributed by atoms with Crippen LogP contribution in [-0.4, -0.2) is 21.5 Å². The fourth-order valence-electron chi connectivity index (χ4n) is 2.76. The molecule has 0 amide bonds. The Hall–Kier alpha value is -3.28. The average Bonchev–Trinajstić information content (AvgIpc) is 2.98. The molecule has 0 radical (unpaired) electrons. The Labute approximate surface area is 156 Å². The van der Waals surface area contributed by atoms with Crippen molar-refractivity contribution in [1.82, 2.24) is 9.78 Å². The van der Waals surface area contributed by atoms with Gasteiger partial charge in [-0.3, -0.25) is 14.3 Å². The predicted molar refractivity (Wildman–Crippen MR) is 98.2 cm³/mol. The smallest absolute Gasteiger partial charge is 0.311 e. The van der Waals surface area contributed by atoms with Crippen molar-refractivity contribution >= 4 is 11.8 Å². The number of rotatable bonds is 6. The third-order valence-corrected chi connectivity index (χ3v) is 4.17. The highest BCUT2D eigenvalue weighted by Gasteiger charge is 2.12. The summed E-state index contributed by atoms with van der Waals surface area (Å²) in [4.78, 5) is 24.4. The minimum absolute atomic E-state index is 0.222. The van der Waals surface area contributed by atoms with E-state index in [4.69, 9.17) is 4.74 Å². The maximum Gasteiger partial charge on any atom is 0.311 e. The topological polar surface area (TPSA) is 61.2 Å². The Morgan fingerprint density at radius 1 is 1.04 bits per heavy atom. The minimum Gasteiger partial charge on any atom is -0.427 e. The number of aromatic nitrogens is 2. The van der Waals surface area contributed by atoms with Crippen LogP contribution in [0.25, 0.3) is 0 Å². The lowest BCUT2D eigenvalue weighted by Gasteiger charge is -2.06. The van der Waals surface area contributed by atoms with Gasteiger partial charge in [-0.05, 0) is 67.4 Å². The summed E-state index contributed by atoms with van der Waals surface area (Å²) in [6.45, 7) is 1.90. The quantitative estimate of drug-likeness (QED) is 0.380. The highest BCUT2D eigenvalue weighted by molar-refractivity contribution is 6.09. The molecule has 6 heteroatoms. The van der Waals surface area contributed by atoms with Crippen molar-refractivity contribution in [2.24, 2.45) is 7.05 Å². The molecule has 3 aromatic rings. The van der Waals surface area contributed by atoms with Crippen molar-refractivity contribution in [2.75, 3.05) is 0 Å². The molecule has 0 aliphatic rings. The molecule has 0 bridgehead atoms. The minimum atomic E-state index is -0.393. The third kappa shape index (κ3) is 4.67. The molecular formula is C21H19FN2O3. The zero-order valence-electron chi connectivity index (χ0n) is 15.1. The molecule has 0 spiro atoms. The van der Waals surface area contributed by atoms with Crippen LogP contribution < -0.4 is 4.74 Å². The fraction of sp³-hybridized carbons (Fsp3) is 0.190. The van der Waals surface area contributed by atoms with Gasteiger partial charge in [-0.2, -0.15) is 5.10 Å². The number of benzene rings is 2. The number of aryl methyl sites for hydroxylation is 3. The van der Waals surface area contributed by atoms with E-state index in [0.717, 1.165) is 11.3 Å². The molecule has 3 rings (SSSR count). The van der Waals surface area contributed by atoms with Crippen LogP contribution >= 0.6 is 0 Å². The number of nitrogens with zero attached hydrogens (tertiary/aromatic N) is 2. The second kappa shape index (κ2) is 7.95. The van der Waals surface area contributed by atoms with Crippen LogP contribution in [0.15, 0.2) is 54.7 Å². The van der Waals surface area contributed by atoms with E-state index in [0.29, 0.717) is 23.3 Å². The van der Waals surface area contributed by atoms with Gasteiger partial charge >= 0.3 is 5.97 Å². The molecule has 0 saturated carbocycles. The number of hydrogen-bond donors (Lipinski definition) is 0. The van der Waals surface area contributed by atoms with E-state index in [1.54, 1.807) is 28.9 Å². The van der Waals surface area contributed by atoms with Crippen LogP contribution in [0.3, 0.4) is 0 Å². The molecule has 0 atom stereocenters. The number of carbonyl (C=O) groups excluding carboxylic acids is 2. The van der Waals surface area contributed by atoms with Crippen LogP contribution in [0.5, 0.6) is 5.75 Å². The van der Waals surface area contributed by atoms with E-state index in [2.05, 4.69) is 5.10 Å². The van der Waals surface area contributed by atoms with Gasteiger partial charge in [0.25, 0.3) is 0 Å². The second-order valence-corrected chi connectivity index (χ2v) is 6.25. The summed E-state index contributed by atoms with van der Waals surface area (Å²) in [6.07, 6.45) is 2.68. The van der Waals surface area contributed by atoms with E-state index in [9.17, 15) is 14.0 Å². The lowest BCUT2D eigenvalue weighted by Crippen LogP contribution is -2.09. The van der Waals surface area contributed by atoms with Gasteiger partial charge in [0, 0.05) is 24.4 Å². The molecule has 0 aliphatic heterocycles. The molecule has 2 aromatic carbocycles. The lowest BCUT2D eigenvalue weighted by molar-refractivity contribution is -0.134. The Morgan fingerprint density at radius 3 is 2.19 bits per heavy atom. The summed E-state index contributed by atoms with van der Waals surface area (Å²) in [7, 11) is 1.84. The highest BCUT2D eigenvalue weighted by Crippen LogP contribution is 2.17. The number of carbonyl (C=O) groups is 2. The van der Waals surface area contributed by atoms with Gasteiger partial charge in [0.15, 0.2) is 5.78 Å². The van der Waals surface area contributed by atoms with E-state index in [1.165, 1.54) is 24.3 Å². The molecule has 0 N–H and O–H groups in total. The molecule has 1 aromatic heterocycles.